The third-order valence-corrected chi connectivity index (χ3v) is 7.49. The van der Waals surface area contributed by atoms with Crippen molar-refractivity contribution >= 4 is 12.2 Å². The van der Waals surface area contributed by atoms with E-state index in [1.54, 1.807) is 0 Å². The highest BCUT2D eigenvalue weighted by molar-refractivity contribution is 5.82. The molecule has 4 heteroatoms. The monoisotopic (exact) mass is 411 g/mol. The fourth-order valence-corrected chi connectivity index (χ4v) is 6.50. The molecule has 0 N–H and O–H groups in total. The number of benzene rings is 1. The highest BCUT2D eigenvalue weighted by Gasteiger charge is 2.53. The lowest BCUT2D eigenvalue weighted by Crippen LogP contribution is -2.50. The van der Waals surface area contributed by atoms with E-state index in [9.17, 15) is 4.79 Å². The van der Waals surface area contributed by atoms with Crippen molar-refractivity contribution in [1.29, 1.82) is 0 Å². The van der Waals surface area contributed by atoms with Crippen LogP contribution in [-0.2, 0) is 4.79 Å². The van der Waals surface area contributed by atoms with Crippen LogP contribution < -0.4 is 9.47 Å². The zero-order chi connectivity index (χ0) is 21.3. The van der Waals surface area contributed by atoms with E-state index in [1.807, 2.05) is 45.2 Å². The normalized spacial score (nSPS) is 30.8. The molecule has 1 aromatic rings. The van der Waals surface area contributed by atoms with Crippen molar-refractivity contribution < 1.29 is 14.3 Å². The highest BCUT2D eigenvalue weighted by Crippen LogP contribution is 2.61. The third kappa shape index (κ3) is 4.58. The maximum absolute atomic E-state index is 12.1. The van der Waals surface area contributed by atoms with Crippen LogP contribution in [0.2, 0.25) is 0 Å². The van der Waals surface area contributed by atoms with Gasteiger partial charge in [0, 0.05) is 12.6 Å². The highest BCUT2D eigenvalue weighted by atomic mass is 16.6. The molecule has 1 aromatic carbocycles. The van der Waals surface area contributed by atoms with Gasteiger partial charge in [0.1, 0.15) is 0 Å². The molecule has 5 rings (SSSR count). The Labute approximate surface area is 181 Å². The Morgan fingerprint density at radius 1 is 1.10 bits per heavy atom. The number of rotatable bonds is 8. The molecule has 4 nitrogen and oxygen atoms in total. The van der Waals surface area contributed by atoms with Crippen molar-refractivity contribution in [1.82, 2.24) is 0 Å². The molecule has 1 unspecified atom stereocenters. The molecule has 30 heavy (non-hydrogen) atoms. The second-order valence-corrected chi connectivity index (χ2v) is 10.4. The number of carbonyl (C=O) groups is 1. The summed E-state index contributed by atoms with van der Waals surface area (Å²) in [5, 5.41) is 0. The molecular formula is C26H37NO3. The van der Waals surface area contributed by atoms with Gasteiger partial charge in [0.25, 0.3) is 0 Å². The molecule has 0 spiro atoms. The maximum Gasteiger partial charge on any atom is 0.311 e. The van der Waals surface area contributed by atoms with E-state index in [-0.39, 0.29) is 11.9 Å². The van der Waals surface area contributed by atoms with Gasteiger partial charge in [-0.05, 0) is 105 Å². The van der Waals surface area contributed by atoms with Gasteiger partial charge in [-0.3, -0.25) is 9.79 Å². The number of hydrogen-bond donors (Lipinski definition) is 0. The Hall–Kier alpha value is -1.84. The lowest BCUT2D eigenvalue weighted by Gasteiger charge is -2.58. The van der Waals surface area contributed by atoms with E-state index in [4.69, 9.17) is 14.5 Å². The van der Waals surface area contributed by atoms with Gasteiger partial charge in [-0.1, -0.05) is 13.8 Å². The van der Waals surface area contributed by atoms with E-state index in [0.29, 0.717) is 36.0 Å². The van der Waals surface area contributed by atoms with Crippen LogP contribution in [0.1, 0.15) is 78.2 Å². The van der Waals surface area contributed by atoms with Crippen LogP contribution in [0.5, 0.6) is 11.5 Å². The van der Waals surface area contributed by atoms with Gasteiger partial charge in [0.05, 0.1) is 12.6 Å². The van der Waals surface area contributed by atoms with Gasteiger partial charge in [-0.2, -0.15) is 0 Å². The first kappa shape index (κ1) is 21.4. The average molecular weight is 412 g/mol. The van der Waals surface area contributed by atoms with Gasteiger partial charge in [-0.25, -0.2) is 0 Å². The average Bonchev–Trinajstić information content (AvgIpc) is 2.66. The van der Waals surface area contributed by atoms with E-state index in [1.165, 1.54) is 38.5 Å². The van der Waals surface area contributed by atoms with Crippen molar-refractivity contribution in [2.75, 3.05) is 6.61 Å². The lowest BCUT2D eigenvalue weighted by atomic mass is 9.48. The smallest absolute Gasteiger partial charge is 0.311 e. The molecule has 164 valence electrons. The van der Waals surface area contributed by atoms with E-state index >= 15 is 0 Å². The SMILES string of the molecule is CCOc1cc(C=NC(C)C23CC4CC(CC(C4)C2)C3)ccc1OC(=O)CC(C)C. The van der Waals surface area contributed by atoms with Crippen molar-refractivity contribution in [2.45, 2.75) is 78.7 Å². The molecule has 0 aliphatic heterocycles. The van der Waals surface area contributed by atoms with Crippen molar-refractivity contribution in [3.63, 3.8) is 0 Å². The summed E-state index contributed by atoms with van der Waals surface area (Å²) in [7, 11) is 0. The first-order valence-electron chi connectivity index (χ1n) is 11.9. The predicted molar refractivity (Wildman–Crippen MR) is 120 cm³/mol. The van der Waals surface area contributed by atoms with Crippen molar-refractivity contribution in [3.05, 3.63) is 23.8 Å². The van der Waals surface area contributed by atoms with Gasteiger partial charge in [-0.15, -0.1) is 0 Å². The van der Waals surface area contributed by atoms with Gasteiger partial charge in [0.15, 0.2) is 11.5 Å². The van der Waals surface area contributed by atoms with Crippen molar-refractivity contribution in [2.24, 2.45) is 34.1 Å². The molecule has 1 atom stereocenters. The fraction of sp³-hybridized carbons (Fsp3) is 0.692. The zero-order valence-electron chi connectivity index (χ0n) is 19.0. The van der Waals surface area contributed by atoms with Gasteiger partial charge < -0.3 is 9.47 Å². The molecule has 4 saturated carbocycles. The molecule has 0 aromatic heterocycles. The van der Waals surface area contributed by atoms with Crippen LogP contribution >= 0.6 is 0 Å². The summed E-state index contributed by atoms with van der Waals surface area (Å²) < 4.78 is 11.3. The predicted octanol–water partition coefficient (Wildman–Crippen LogP) is 6.06. The summed E-state index contributed by atoms with van der Waals surface area (Å²) in [6.45, 7) is 8.80. The molecule has 4 aliphatic rings. The van der Waals surface area contributed by atoms with Crippen LogP contribution in [-0.4, -0.2) is 24.8 Å². The number of nitrogens with zero attached hydrogens (tertiary/aromatic N) is 1. The second-order valence-electron chi connectivity index (χ2n) is 10.4. The van der Waals surface area contributed by atoms with E-state index in [0.717, 1.165) is 23.3 Å². The maximum atomic E-state index is 12.1. The fourth-order valence-electron chi connectivity index (χ4n) is 6.50. The summed E-state index contributed by atoms with van der Waals surface area (Å²) in [6, 6.07) is 6.10. The number of esters is 1. The van der Waals surface area contributed by atoms with Crippen LogP contribution in [0.25, 0.3) is 0 Å². The summed E-state index contributed by atoms with van der Waals surface area (Å²) in [5.74, 6) is 3.98. The molecule has 0 heterocycles. The molecule has 0 saturated heterocycles. The van der Waals surface area contributed by atoms with E-state index < -0.39 is 0 Å². The summed E-state index contributed by atoms with van der Waals surface area (Å²) in [4.78, 5) is 17.1. The second kappa shape index (κ2) is 8.72. The standard InChI is InChI=1S/C26H37NO3/c1-5-29-24-12-19(6-7-23(24)30-25(28)8-17(2)3)16-27-18(4)26-13-20-9-21(14-26)11-22(10-20)15-26/h6-7,12,16-18,20-22H,5,8-11,13-15H2,1-4H3. The molecule has 0 amide bonds. The Balaban J connectivity index is 1.46. The summed E-state index contributed by atoms with van der Waals surface area (Å²) in [6.07, 6.45) is 10.9. The quantitative estimate of drug-likeness (QED) is 0.297. The Bertz CT molecular complexity index is 762. The molecular weight excluding hydrogens is 374 g/mol. The molecule has 0 radical (unpaired) electrons. The zero-order valence-corrected chi connectivity index (χ0v) is 19.0. The molecule has 4 bridgehead atoms. The Kier molecular flexibility index (Phi) is 6.22. The minimum atomic E-state index is -0.220. The topological polar surface area (TPSA) is 47.9 Å². The lowest BCUT2D eigenvalue weighted by molar-refractivity contribution is -0.135. The Morgan fingerprint density at radius 2 is 1.73 bits per heavy atom. The number of hydrogen-bond acceptors (Lipinski definition) is 4. The third-order valence-electron chi connectivity index (χ3n) is 7.49. The largest absolute Gasteiger partial charge is 0.490 e. The van der Waals surface area contributed by atoms with E-state index in [2.05, 4.69) is 6.92 Å². The van der Waals surface area contributed by atoms with Crippen molar-refractivity contribution in [3.8, 4) is 11.5 Å². The molecule has 4 fully saturated rings. The number of aliphatic imine (C=N–C) groups is 1. The number of carbonyl (C=O) groups excluding carboxylic acids is 1. The first-order chi connectivity index (χ1) is 14.4. The van der Waals surface area contributed by atoms with Crippen LogP contribution in [0.15, 0.2) is 23.2 Å². The number of ether oxygens (including phenoxy) is 2. The minimum Gasteiger partial charge on any atom is -0.490 e. The Morgan fingerprint density at radius 3 is 2.30 bits per heavy atom. The molecule has 4 aliphatic carbocycles. The van der Waals surface area contributed by atoms with Gasteiger partial charge >= 0.3 is 5.97 Å². The summed E-state index contributed by atoms with van der Waals surface area (Å²) in [5.41, 5.74) is 1.42. The summed E-state index contributed by atoms with van der Waals surface area (Å²) >= 11 is 0. The van der Waals surface area contributed by atoms with Crippen LogP contribution in [0.3, 0.4) is 0 Å². The minimum absolute atomic E-state index is 0.220. The van der Waals surface area contributed by atoms with Crippen LogP contribution in [0, 0.1) is 29.1 Å². The van der Waals surface area contributed by atoms with Gasteiger partial charge in [0.2, 0.25) is 0 Å². The van der Waals surface area contributed by atoms with Crippen LogP contribution in [0.4, 0.5) is 0 Å². The first-order valence-corrected chi connectivity index (χ1v) is 11.9.